The van der Waals surface area contributed by atoms with E-state index in [1.807, 2.05) is 13.8 Å². The molecule has 0 aliphatic rings. The molecule has 0 saturated heterocycles. The molecular weight excluding hydrogens is 166 g/mol. The third-order valence-corrected chi connectivity index (χ3v) is 1.85. The second-order valence-corrected chi connectivity index (χ2v) is 4.66. The van der Waals surface area contributed by atoms with Crippen molar-refractivity contribution >= 4 is 0 Å². The van der Waals surface area contributed by atoms with Crippen LogP contribution in [0.5, 0.6) is 0 Å². The molecule has 0 amide bonds. The van der Waals surface area contributed by atoms with E-state index in [9.17, 15) is 10.2 Å². The van der Waals surface area contributed by atoms with Crippen molar-refractivity contribution in [3.05, 3.63) is 0 Å². The molecule has 0 radical (unpaired) electrons. The molecule has 0 aliphatic carbocycles. The quantitative estimate of drug-likeness (QED) is 0.582. The highest BCUT2D eigenvalue weighted by atomic mass is 16.3. The molecule has 0 bridgehead atoms. The summed E-state index contributed by atoms with van der Waals surface area (Å²) in [5, 5.41) is 22.2. The minimum Gasteiger partial charge on any atom is -0.389 e. The van der Waals surface area contributed by atoms with Crippen molar-refractivity contribution in [3.8, 4) is 0 Å². The zero-order chi connectivity index (χ0) is 10.5. The van der Waals surface area contributed by atoms with Gasteiger partial charge in [-0.1, -0.05) is 13.3 Å². The Morgan fingerprint density at radius 2 is 1.62 bits per heavy atom. The minimum absolute atomic E-state index is 0.507. The first kappa shape index (κ1) is 12.9. The second kappa shape index (κ2) is 4.94. The Balaban J connectivity index is 3.63. The molecule has 0 fully saturated rings. The Kier molecular flexibility index (Phi) is 4.89. The van der Waals surface area contributed by atoms with E-state index < -0.39 is 11.2 Å². The van der Waals surface area contributed by atoms with E-state index in [2.05, 4.69) is 5.32 Å². The number of hydrogen-bond donors (Lipinski definition) is 3. The van der Waals surface area contributed by atoms with Gasteiger partial charge in [-0.2, -0.15) is 0 Å². The van der Waals surface area contributed by atoms with Crippen LogP contribution in [0.4, 0.5) is 0 Å². The third-order valence-electron chi connectivity index (χ3n) is 1.85. The van der Waals surface area contributed by atoms with Gasteiger partial charge in [0.25, 0.3) is 0 Å². The first-order valence-corrected chi connectivity index (χ1v) is 4.92. The van der Waals surface area contributed by atoms with Crippen LogP contribution in [0, 0.1) is 0 Å². The maximum Gasteiger partial charge on any atom is 0.0743 e. The van der Waals surface area contributed by atoms with E-state index in [4.69, 9.17) is 0 Å². The topological polar surface area (TPSA) is 52.5 Å². The zero-order valence-electron chi connectivity index (χ0n) is 9.22. The van der Waals surface area contributed by atoms with Gasteiger partial charge < -0.3 is 15.5 Å². The summed E-state index contributed by atoms with van der Waals surface area (Å²) in [4.78, 5) is 0. The molecule has 13 heavy (non-hydrogen) atoms. The second-order valence-electron chi connectivity index (χ2n) is 4.66. The maximum absolute atomic E-state index is 9.77. The molecular formula is C10H23NO2. The van der Waals surface area contributed by atoms with E-state index in [1.54, 1.807) is 13.8 Å². The molecule has 0 rings (SSSR count). The Morgan fingerprint density at radius 1 is 1.08 bits per heavy atom. The number of rotatable bonds is 6. The fourth-order valence-electron chi connectivity index (χ4n) is 1.26. The predicted octanol–water partition coefficient (Wildman–Crippen LogP) is 0.898. The van der Waals surface area contributed by atoms with Crippen molar-refractivity contribution in [1.29, 1.82) is 0 Å². The standard InChI is InChI=1S/C10H23NO2/c1-5-6-10(4,13)8-11-7-9(2,3)12/h11-13H,5-8H2,1-4H3. The Hall–Kier alpha value is -0.120. The lowest BCUT2D eigenvalue weighted by molar-refractivity contribution is 0.0354. The molecule has 3 N–H and O–H groups in total. The van der Waals surface area contributed by atoms with Gasteiger partial charge in [-0.3, -0.25) is 0 Å². The number of hydrogen-bond acceptors (Lipinski definition) is 3. The van der Waals surface area contributed by atoms with Gasteiger partial charge in [-0.05, 0) is 27.2 Å². The zero-order valence-corrected chi connectivity index (χ0v) is 9.22. The highest BCUT2D eigenvalue weighted by molar-refractivity contribution is 4.77. The molecule has 3 heteroatoms. The van der Waals surface area contributed by atoms with Crippen LogP contribution in [0.25, 0.3) is 0 Å². The summed E-state index contributed by atoms with van der Waals surface area (Å²) >= 11 is 0. The molecule has 80 valence electrons. The molecule has 0 aromatic heterocycles. The molecule has 3 nitrogen and oxygen atoms in total. The summed E-state index contributed by atoms with van der Waals surface area (Å²) in [6.45, 7) is 8.39. The Morgan fingerprint density at radius 3 is 2.00 bits per heavy atom. The van der Waals surface area contributed by atoms with Gasteiger partial charge >= 0.3 is 0 Å². The fourth-order valence-corrected chi connectivity index (χ4v) is 1.26. The van der Waals surface area contributed by atoms with Crippen LogP contribution in [0.2, 0.25) is 0 Å². The van der Waals surface area contributed by atoms with Crippen molar-refractivity contribution < 1.29 is 10.2 Å². The Labute approximate surface area is 81.2 Å². The lowest BCUT2D eigenvalue weighted by atomic mass is 10.0. The third kappa shape index (κ3) is 8.22. The van der Waals surface area contributed by atoms with Crippen molar-refractivity contribution in [2.75, 3.05) is 13.1 Å². The molecule has 0 spiro atoms. The van der Waals surface area contributed by atoms with Gasteiger partial charge in [0.1, 0.15) is 0 Å². The van der Waals surface area contributed by atoms with Crippen LogP contribution in [-0.4, -0.2) is 34.5 Å². The van der Waals surface area contributed by atoms with Crippen LogP contribution in [0.3, 0.4) is 0 Å². The van der Waals surface area contributed by atoms with Gasteiger partial charge in [0.2, 0.25) is 0 Å². The molecule has 0 aromatic rings. The van der Waals surface area contributed by atoms with Crippen molar-refractivity contribution in [2.45, 2.75) is 51.7 Å². The van der Waals surface area contributed by atoms with Crippen molar-refractivity contribution in [1.82, 2.24) is 5.32 Å². The van der Waals surface area contributed by atoms with Crippen LogP contribution in [0.1, 0.15) is 40.5 Å². The fraction of sp³-hybridized carbons (Fsp3) is 1.00. The monoisotopic (exact) mass is 189 g/mol. The highest BCUT2D eigenvalue weighted by Crippen LogP contribution is 2.10. The van der Waals surface area contributed by atoms with Gasteiger partial charge in [-0.15, -0.1) is 0 Å². The van der Waals surface area contributed by atoms with Gasteiger partial charge in [0.15, 0.2) is 0 Å². The molecule has 0 aliphatic heterocycles. The summed E-state index contributed by atoms with van der Waals surface area (Å²) in [5.74, 6) is 0. The van der Waals surface area contributed by atoms with Crippen LogP contribution < -0.4 is 5.32 Å². The molecule has 1 unspecified atom stereocenters. The summed E-state index contributed by atoms with van der Waals surface area (Å²) in [6.07, 6.45) is 1.75. The summed E-state index contributed by atoms with van der Waals surface area (Å²) in [7, 11) is 0. The van der Waals surface area contributed by atoms with E-state index in [-0.39, 0.29) is 0 Å². The minimum atomic E-state index is -0.706. The van der Waals surface area contributed by atoms with Crippen LogP contribution in [-0.2, 0) is 0 Å². The lowest BCUT2D eigenvalue weighted by Crippen LogP contribution is -2.43. The summed E-state index contributed by atoms with van der Waals surface area (Å²) in [6, 6.07) is 0. The SMILES string of the molecule is CCCC(C)(O)CNCC(C)(C)O. The van der Waals surface area contributed by atoms with Crippen molar-refractivity contribution in [2.24, 2.45) is 0 Å². The smallest absolute Gasteiger partial charge is 0.0743 e. The van der Waals surface area contributed by atoms with E-state index >= 15 is 0 Å². The number of aliphatic hydroxyl groups is 2. The molecule has 1 atom stereocenters. The summed E-state index contributed by atoms with van der Waals surface area (Å²) < 4.78 is 0. The highest BCUT2D eigenvalue weighted by Gasteiger charge is 2.20. The van der Waals surface area contributed by atoms with E-state index in [0.717, 1.165) is 12.8 Å². The predicted molar refractivity (Wildman–Crippen MR) is 54.7 cm³/mol. The maximum atomic E-state index is 9.77. The van der Waals surface area contributed by atoms with E-state index in [0.29, 0.717) is 13.1 Å². The van der Waals surface area contributed by atoms with Gasteiger partial charge in [-0.25, -0.2) is 0 Å². The van der Waals surface area contributed by atoms with Gasteiger partial charge in [0, 0.05) is 13.1 Å². The Bertz CT molecular complexity index is 138. The number of nitrogens with one attached hydrogen (secondary N) is 1. The summed E-state index contributed by atoms with van der Waals surface area (Å²) in [5.41, 5.74) is -1.36. The molecule has 0 saturated carbocycles. The van der Waals surface area contributed by atoms with Gasteiger partial charge in [0.05, 0.1) is 11.2 Å². The van der Waals surface area contributed by atoms with Crippen LogP contribution in [0.15, 0.2) is 0 Å². The van der Waals surface area contributed by atoms with Crippen molar-refractivity contribution in [3.63, 3.8) is 0 Å². The first-order valence-electron chi connectivity index (χ1n) is 4.92. The average molecular weight is 189 g/mol. The molecule has 0 aromatic carbocycles. The molecule has 0 heterocycles. The lowest BCUT2D eigenvalue weighted by Gasteiger charge is -2.25. The normalized spacial score (nSPS) is 17.1. The van der Waals surface area contributed by atoms with Crippen LogP contribution >= 0.6 is 0 Å². The first-order chi connectivity index (χ1) is 5.77. The average Bonchev–Trinajstić information content (AvgIpc) is 1.82. The largest absolute Gasteiger partial charge is 0.389 e. The van der Waals surface area contributed by atoms with E-state index in [1.165, 1.54) is 0 Å².